The summed E-state index contributed by atoms with van der Waals surface area (Å²) in [4.78, 5) is 31.8. The number of nitrogens with zero attached hydrogens (tertiary/aromatic N) is 3. The highest BCUT2D eigenvalue weighted by molar-refractivity contribution is 5.79. The summed E-state index contributed by atoms with van der Waals surface area (Å²) in [6.07, 6.45) is 2.68. The van der Waals surface area contributed by atoms with Crippen molar-refractivity contribution in [2.75, 3.05) is 50.7 Å². The number of esters is 1. The highest BCUT2D eigenvalue weighted by atomic mass is 16.6. The third-order valence-corrected chi connectivity index (χ3v) is 7.24. The molecule has 3 saturated heterocycles. The average molecular weight is 458 g/mol. The van der Waals surface area contributed by atoms with E-state index in [-0.39, 0.29) is 18.2 Å². The molecule has 0 N–H and O–H groups in total. The largest absolute Gasteiger partial charge is 0.462 e. The number of anilines is 1. The van der Waals surface area contributed by atoms with E-state index in [9.17, 15) is 9.59 Å². The number of ether oxygens (including phenoxy) is 2. The Morgan fingerprint density at radius 2 is 1.70 bits per heavy atom. The molecular weight excluding hydrogens is 418 g/mol. The zero-order valence-electron chi connectivity index (χ0n) is 20.6. The Morgan fingerprint density at radius 3 is 2.30 bits per heavy atom. The Bertz CT molecular complexity index is 832. The van der Waals surface area contributed by atoms with Crippen LogP contribution in [0.15, 0.2) is 24.3 Å². The second-order valence-corrected chi connectivity index (χ2v) is 10.9. The van der Waals surface area contributed by atoms with Crippen molar-refractivity contribution in [3.8, 4) is 0 Å². The van der Waals surface area contributed by atoms with Crippen LogP contribution in [0.25, 0.3) is 0 Å². The fraction of sp³-hybridized carbons (Fsp3) is 0.692. The molecular formula is C26H39N3O4. The number of hydrogen-bond donors (Lipinski definition) is 0. The Balaban J connectivity index is 1.20. The number of piperazine rings is 1. The van der Waals surface area contributed by atoms with Crippen molar-refractivity contribution in [3.05, 3.63) is 29.8 Å². The van der Waals surface area contributed by atoms with Gasteiger partial charge >= 0.3 is 12.1 Å². The second kappa shape index (κ2) is 9.53. The lowest BCUT2D eigenvalue weighted by molar-refractivity contribution is -0.151. The number of likely N-dealkylation sites (tertiary alicyclic amines) is 1. The molecule has 1 spiro atoms. The van der Waals surface area contributed by atoms with Crippen LogP contribution in [-0.2, 0) is 14.3 Å². The van der Waals surface area contributed by atoms with Crippen LogP contribution in [0.2, 0.25) is 0 Å². The summed E-state index contributed by atoms with van der Waals surface area (Å²) in [5.74, 6) is -0.0690. The first-order chi connectivity index (χ1) is 15.6. The molecule has 7 nitrogen and oxygen atoms in total. The molecule has 3 aliphatic rings. The van der Waals surface area contributed by atoms with E-state index in [4.69, 9.17) is 9.47 Å². The number of carbonyl (C=O) groups excluding carboxylic acids is 2. The van der Waals surface area contributed by atoms with Crippen LogP contribution in [0.3, 0.4) is 0 Å². The van der Waals surface area contributed by atoms with E-state index in [2.05, 4.69) is 41.0 Å². The first kappa shape index (κ1) is 23.9. The fourth-order valence-corrected chi connectivity index (χ4v) is 5.16. The molecule has 0 aromatic heterocycles. The lowest BCUT2D eigenvalue weighted by Crippen LogP contribution is -2.47. The van der Waals surface area contributed by atoms with Crippen molar-refractivity contribution in [3.63, 3.8) is 0 Å². The normalized spacial score (nSPS) is 23.6. The van der Waals surface area contributed by atoms with Gasteiger partial charge in [-0.1, -0.05) is 17.7 Å². The summed E-state index contributed by atoms with van der Waals surface area (Å²) in [6, 6.07) is 8.75. The molecule has 1 aromatic carbocycles. The highest BCUT2D eigenvalue weighted by Gasteiger charge is 2.51. The van der Waals surface area contributed by atoms with Crippen LogP contribution >= 0.6 is 0 Å². The van der Waals surface area contributed by atoms with E-state index in [1.165, 1.54) is 11.3 Å². The number of carbonyl (C=O) groups is 2. The van der Waals surface area contributed by atoms with E-state index >= 15 is 0 Å². The number of cyclic esters (lactones) is 1. The SMILES string of the molecule is Cc1ccc(N2CCN(CC[C@@H]3CC4(CCN(C(=O)OC(C)(C)C)CC4)C(=O)O3)CC2)cc1. The Labute approximate surface area is 198 Å². The van der Waals surface area contributed by atoms with Crippen molar-refractivity contribution in [2.24, 2.45) is 5.41 Å². The van der Waals surface area contributed by atoms with Gasteiger partial charge in [0.15, 0.2) is 0 Å². The van der Waals surface area contributed by atoms with Gasteiger partial charge in [0.05, 0.1) is 5.41 Å². The molecule has 182 valence electrons. The first-order valence-electron chi connectivity index (χ1n) is 12.4. The topological polar surface area (TPSA) is 62.3 Å². The van der Waals surface area contributed by atoms with Crippen LogP contribution < -0.4 is 4.90 Å². The molecule has 7 heteroatoms. The number of piperidine rings is 1. The number of benzene rings is 1. The predicted molar refractivity (Wildman–Crippen MR) is 128 cm³/mol. The average Bonchev–Trinajstić information content (AvgIpc) is 3.07. The van der Waals surface area contributed by atoms with E-state index in [1.54, 1.807) is 4.90 Å². The standard InChI is InChI=1S/C26H39N3O4/c1-20-5-7-21(8-6-20)28-17-15-27(16-18-28)12-9-22-19-26(23(30)32-22)10-13-29(14-11-26)24(31)33-25(2,3)4/h5-8,22H,9-19H2,1-4H3/t22-/m1/s1. The van der Waals surface area contributed by atoms with Gasteiger partial charge in [-0.05, 0) is 59.1 Å². The molecule has 33 heavy (non-hydrogen) atoms. The minimum absolute atomic E-state index is 0.0132. The van der Waals surface area contributed by atoms with Crippen molar-refractivity contribution in [1.82, 2.24) is 9.80 Å². The zero-order chi connectivity index (χ0) is 23.6. The molecule has 0 bridgehead atoms. The monoisotopic (exact) mass is 457 g/mol. The van der Waals surface area contributed by atoms with Crippen molar-refractivity contribution in [2.45, 2.75) is 65.1 Å². The summed E-state index contributed by atoms with van der Waals surface area (Å²) >= 11 is 0. The Kier molecular flexibility index (Phi) is 6.89. The maximum Gasteiger partial charge on any atom is 0.410 e. The van der Waals surface area contributed by atoms with Crippen LogP contribution in [-0.4, -0.2) is 79.4 Å². The summed E-state index contributed by atoms with van der Waals surface area (Å²) in [5.41, 5.74) is 1.66. The molecule has 1 amide bonds. The molecule has 0 radical (unpaired) electrons. The Morgan fingerprint density at radius 1 is 1.06 bits per heavy atom. The smallest absolute Gasteiger partial charge is 0.410 e. The summed E-state index contributed by atoms with van der Waals surface area (Å²) < 4.78 is 11.3. The van der Waals surface area contributed by atoms with Crippen molar-refractivity contribution >= 4 is 17.7 Å². The third kappa shape index (κ3) is 5.81. The van der Waals surface area contributed by atoms with Gasteiger partial charge < -0.3 is 19.3 Å². The van der Waals surface area contributed by atoms with Gasteiger partial charge in [0.2, 0.25) is 0 Å². The van der Waals surface area contributed by atoms with E-state index in [0.717, 1.165) is 45.6 Å². The number of rotatable bonds is 4. The molecule has 0 unspecified atom stereocenters. The van der Waals surface area contributed by atoms with Crippen LogP contribution in [0.1, 0.15) is 52.0 Å². The van der Waals surface area contributed by atoms with Gasteiger partial charge in [-0.2, -0.15) is 0 Å². The summed E-state index contributed by atoms with van der Waals surface area (Å²) in [7, 11) is 0. The van der Waals surface area contributed by atoms with Crippen LogP contribution in [0, 0.1) is 12.3 Å². The minimum atomic E-state index is -0.505. The molecule has 3 aliphatic heterocycles. The van der Waals surface area contributed by atoms with Gasteiger partial charge in [-0.15, -0.1) is 0 Å². The molecule has 0 aliphatic carbocycles. The maximum atomic E-state index is 12.8. The lowest BCUT2D eigenvalue weighted by atomic mass is 9.76. The predicted octanol–water partition coefficient (Wildman–Crippen LogP) is 3.84. The number of amides is 1. The van der Waals surface area contributed by atoms with Gasteiger partial charge in [0.1, 0.15) is 11.7 Å². The molecule has 1 aromatic rings. The molecule has 1 atom stereocenters. The van der Waals surface area contributed by atoms with Gasteiger partial charge in [-0.3, -0.25) is 9.69 Å². The molecule has 3 heterocycles. The van der Waals surface area contributed by atoms with Crippen molar-refractivity contribution in [1.29, 1.82) is 0 Å². The fourth-order valence-electron chi connectivity index (χ4n) is 5.16. The van der Waals surface area contributed by atoms with Crippen LogP contribution in [0.5, 0.6) is 0 Å². The number of hydrogen-bond acceptors (Lipinski definition) is 6. The molecule has 0 saturated carbocycles. The van der Waals surface area contributed by atoms with E-state index < -0.39 is 11.0 Å². The minimum Gasteiger partial charge on any atom is -0.462 e. The third-order valence-electron chi connectivity index (χ3n) is 7.24. The summed E-state index contributed by atoms with van der Waals surface area (Å²) in [6.45, 7) is 13.9. The van der Waals surface area contributed by atoms with Gasteiger partial charge in [0, 0.05) is 57.9 Å². The highest BCUT2D eigenvalue weighted by Crippen LogP contribution is 2.44. The van der Waals surface area contributed by atoms with Gasteiger partial charge in [-0.25, -0.2) is 4.79 Å². The molecule has 3 fully saturated rings. The first-order valence-corrected chi connectivity index (χ1v) is 12.4. The molecule has 4 rings (SSSR count). The maximum absolute atomic E-state index is 12.8. The number of aryl methyl sites for hydroxylation is 1. The zero-order valence-corrected chi connectivity index (χ0v) is 20.6. The Hall–Kier alpha value is -2.28. The van der Waals surface area contributed by atoms with E-state index in [0.29, 0.717) is 25.9 Å². The van der Waals surface area contributed by atoms with Crippen molar-refractivity contribution < 1.29 is 19.1 Å². The van der Waals surface area contributed by atoms with E-state index in [1.807, 2.05) is 20.8 Å². The summed E-state index contributed by atoms with van der Waals surface area (Å²) in [5, 5.41) is 0. The second-order valence-electron chi connectivity index (χ2n) is 10.9. The lowest BCUT2D eigenvalue weighted by Gasteiger charge is -2.37. The van der Waals surface area contributed by atoms with Gasteiger partial charge in [0.25, 0.3) is 0 Å². The van der Waals surface area contributed by atoms with Crippen LogP contribution in [0.4, 0.5) is 10.5 Å². The quantitative estimate of drug-likeness (QED) is 0.640.